The predicted molar refractivity (Wildman–Crippen MR) is 112 cm³/mol. The normalized spacial score (nSPS) is 12.8. The van der Waals surface area contributed by atoms with Gasteiger partial charge in [-0.3, -0.25) is 4.90 Å². The van der Waals surface area contributed by atoms with Crippen molar-refractivity contribution in [2.75, 3.05) is 18.4 Å². The van der Waals surface area contributed by atoms with Crippen molar-refractivity contribution in [1.82, 2.24) is 4.90 Å². The van der Waals surface area contributed by atoms with Crippen LogP contribution in [0.2, 0.25) is 0 Å². The predicted octanol–water partition coefficient (Wildman–Crippen LogP) is 5.46. The molecule has 142 valence electrons. The standard InChI is InChI=1S/C23H34N2O/c1-6-24-20-12-13-23(26)22(16-20)21(19-10-8-7-9-11-19)14-15-25(17(2)3)18(4)5/h7-13,16-18,21,24,26H,6,14-15H2,1-5H3. The van der Waals surface area contributed by atoms with Crippen molar-refractivity contribution < 1.29 is 5.11 Å². The Labute approximate surface area is 159 Å². The van der Waals surface area contributed by atoms with Gasteiger partial charge < -0.3 is 10.4 Å². The van der Waals surface area contributed by atoms with Gasteiger partial charge >= 0.3 is 0 Å². The highest BCUT2D eigenvalue weighted by Crippen LogP contribution is 2.36. The first-order valence-electron chi connectivity index (χ1n) is 9.81. The molecule has 0 bridgehead atoms. The Morgan fingerprint density at radius 2 is 1.62 bits per heavy atom. The minimum atomic E-state index is 0.176. The van der Waals surface area contributed by atoms with Gasteiger partial charge in [0.1, 0.15) is 5.75 Å². The summed E-state index contributed by atoms with van der Waals surface area (Å²) in [5, 5.41) is 13.9. The van der Waals surface area contributed by atoms with Gasteiger partial charge in [0.15, 0.2) is 0 Å². The van der Waals surface area contributed by atoms with Crippen LogP contribution in [0.1, 0.15) is 58.1 Å². The number of nitrogens with one attached hydrogen (secondary N) is 1. The van der Waals surface area contributed by atoms with Crippen molar-refractivity contribution in [1.29, 1.82) is 0 Å². The molecule has 1 atom stereocenters. The summed E-state index contributed by atoms with van der Waals surface area (Å²) in [4.78, 5) is 2.52. The zero-order valence-electron chi connectivity index (χ0n) is 16.9. The van der Waals surface area contributed by atoms with Gasteiger partial charge in [0.2, 0.25) is 0 Å². The molecule has 2 aromatic rings. The van der Waals surface area contributed by atoms with Gasteiger partial charge in [0, 0.05) is 35.8 Å². The maximum absolute atomic E-state index is 10.6. The Bertz CT molecular complexity index is 659. The van der Waals surface area contributed by atoms with Gasteiger partial charge in [-0.15, -0.1) is 0 Å². The van der Waals surface area contributed by atoms with Crippen molar-refractivity contribution >= 4 is 5.69 Å². The fraction of sp³-hybridized carbons (Fsp3) is 0.478. The van der Waals surface area contributed by atoms with E-state index in [0.29, 0.717) is 17.8 Å². The lowest BCUT2D eigenvalue weighted by Crippen LogP contribution is -2.38. The minimum absolute atomic E-state index is 0.176. The molecule has 0 aromatic heterocycles. The van der Waals surface area contributed by atoms with E-state index < -0.39 is 0 Å². The maximum atomic E-state index is 10.6. The van der Waals surface area contributed by atoms with E-state index in [1.807, 2.05) is 18.2 Å². The summed E-state index contributed by atoms with van der Waals surface area (Å²) in [6.45, 7) is 13.0. The van der Waals surface area contributed by atoms with E-state index in [9.17, 15) is 5.11 Å². The van der Waals surface area contributed by atoms with Gasteiger partial charge in [-0.2, -0.15) is 0 Å². The third-order valence-electron chi connectivity index (χ3n) is 4.99. The highest BCUT2D eigenvalue weighted by molar-refractivity contribution is 5.53. The molecule has 26 heavy (non-hydrogen) atoms. The molecule has 2 rings (SSSR count). The maximum Gasteiger partial charge on any atom is 0.119 e. The van der Waals surface area contributed by atoms with E-state index in [0.717, 1.165) is 30.8 Å². The van der Waals surface area contributed by atoms with Crippen LogP contribution in [0, 0.1) is 0 Å². The molecule has 0 heterocycles. The number of anilines is 1. The Morgan fingerprint density at radius 1 is 0.962 bits per heavy atom. The van der Waals surface area contributed by atoms with E-state index in [1.54, 1.807) is 0 Å². The number of phenolic OH excluding ortho intramolecular Hbond substituents is 1. The summed E-state index contributed by atoms with van der Waals surface area (Å²) in [5.74, 6) is 0.552. The molecule has 2 N–H and O–H groups in total. The summed E-state index contributed by atoms with van der Waals surface area (Å²) < 4.78 is 0. The summed E-state index contributed by atoms with van der Waals surface area (Å²) in [5.41, 5.74) is 3.32. The Balaban J connectivity index is 2.35. The number of rotatable bonds is 9. The summed E-state index contributed by atoms with van der Waals surface area (Å²) in [6.07, 6.45) is 0.976. The number of nitrogens with zero attached hydrogens (tertiary/aromatic N) is 1. The average molecular weight is 355 g/mol. The molecule has 2 aromatic carbocycles. The average Bonchev–Trinajstić information content (AvgIpc) is 2.61. The molecule has 0 fully saturated rings. The second-order valence-corrected chi connectivity index (χ2v) is 7.48. The Kier molecular flexibility index (Phi) is 7.52. The van der Waals surface area contributed by atoms with Crippen molar-refractivity contribution in [3.05, 3.63) is 59.7 Å². The van der Waals surface area contributed by atoms with Crippen molar-refractivity contribution in [2.45, 2.75) is 59.0 Å². The van der Waals surface area contributed by atoms with Crippen LogP contribution in [0.4, 0.5) is 5.69 Å². The third kappa shape index (κ3) is 5.25. The zero-order valence-corrected chi connectivity index (χ0v) is 16.9. The van der Waals surface area contributed by atoms with E-state index >= 15 is 0 Å². The molecular formula is C23H34N2O. The molecule has 0 amide bonds. The lowest BCUT2D eigenvalue weighted by atomic mass is 9.87. The fourth-order valence-electron chi connectivity index (χ4n) is 3.73. The van der Waals surface area contributed by atoms with Gasteiger partial charge in [0.25, 0.3) is 0 Å². The highest BCUT2D eigenvalue weighted by Gasteiger charge is 2.21. The summed E-state index contributed by atoms with van der Waals surface area (Å²) >= 11 is 0. The van der Waals surface area contributed by atoms with Crippen LogP contribution < -0.4 is 5.32 Å². The van der Waals surface area contributed by atoms with Crippen LogP contribution in [0.15, 0.2) is 48.5 Å². The molecule has 1 unspecified atom stereocenters. The minimum Gasteiger partial charge on any atom is -0.508 e. The van der Waals surface area contributed by atoms with E-state index in [-0.39, 0.29) is 5.92 Å². The molecule has 0 saturated heterocycles. The number of aromatic hydroxyl groups is 1. The monoisotopic (exact) mass is 354 g/mol. The summed E-state index contributed by atoms with van der Waals surface area (Å²) in [6, 6.07) is 17.4. The quantitative estimate of drug-likeness (QED) is 0.587. The molecule has 0 spiro atoms. The first-order valence-corrected chi connectivity index (χ1v) is 9.81. The Morgan fingerprint density at radius 3 is 2.19 bits per heavy atom. The van der Waals surface area contributed by atoms with Crippen molar-refractivity contribution in [3.63, 3.8) is 0 Å². The lowest BCUT2D eigenvalue weighted by molar-refractivity contribution is 0.170. The number of benzene rings is 2. The Hall–Kier alpha value is -2.00. The first-order chi connectivity index (χ1) is 12.4. The number of phenols is 1. The fourth-order valence-corrected chi connectivity index (χ4v) is 3.73. The first kappa shape index (κ1) is 20.3. The molecule has 0 radical (unpaired) electrons. The summed E-state index contributed by atoms with van der Waals surface area (Å²) in [7, 11) is 0. The van der Waals surface area contributed by atoms with Gasteiger partial charge in [0.05, 0.1) is 0 Å². The van der Waals surface area contributed by atoms with Crippen LogP contribution in [-0.4, -0.2) is 35.2 Å². The zero-order chi connectivity index (χ0) is 19.1. The van der Waals surface area contributed by atoms with Crippen LogP contribution in [0.3, 0.4) is 0 Å². The van der Waals surface area contributed by atoms with Crippen molar-refractivity contribution in [2.24, 2.45) is 0 Å². The molecule has 3 nitrogen and oxygen atoms in total. The van der Waals surface area contributed by atoms with Gasteiger partial charge in [-0.25, -0.2) is 0 Å². The van der Waals surface area contributed by atoms with Crippen molar-refractivity contribution in [3.8, 4) is 5.75 Å². The van der Waals surface area contributed by atoms with E-state index in [1.165, 1.54) is 5.56 Å². The number of hydrogen-bond donors (Lipinski definition) is 2. The molecule has 0 aliphatic heterocycles. The second kappa shape index (κ2) is 9.63. The molecule has 3 heteroatoms. The molecular weight excluding hydrogens is 320 g/mol. The number of hydrogen-bond acceptors (Lipinski definition) is 3. The van der Waals surface area contributed by atoms with Gasteiger partial charge in [-0.1, -0.05) is 30.3 Å². The van der Waals surface area contributed by atoms with Gasteiger partial charge in [-0.05, 0) is 71.3 Å². The lowest BCUT2D eigenvalue weighted by Gasteiger charge is -2.32. The second-order valence-electron chi connectivity index (χ2n) is 7.48. The third-order valence-corrected chi connectivity index (χ3v) is 4.99. The van der Waals surface area contributed by atoms with Crippen LogP contribution in [0.5, 0.6) is 5.75 Å². The van der Waals surface area contributed by atoms with Crippen LogP contribution in [-0.2, 0) is 0 Å². The largest absolute Gasteiger partial charge is 0.508 e. The molecule has 0 aliphatic rings. The SMILES string of the molecule is CCNc1ccc(O)c(C(CCN(C(C)C)C(C)C)c2ccccc2)c1. The van der Waals surface area contributed by atoms with Crippen LogP contribution in [0.25, 0.3) is 0 Å². The topological polar surface area (TPSA) is 35.5 Å². The van der Waals surface area contributed by atoms with E-state index in [4.69, 9.17) is 0 Å². The van der Waals surface area contributed by atoms with E-state index in [2.05, 4.69) is 75.2 Å². The molecule has 0 saturated carbocycles. The highest BCUT2D eigenvalue weighted by atomic mass is 16.3. The van der Waals surface area contributed by atoms with Crippen LogP contribution >= 0.6 is 0 Å². The smallest absolute Gasteiger partial charge is 0.119 e. The molecule has 0 aliphatic carbocycles.